The first-order chi connectivity index (χ1) is 13.8. The van der Waals surface area contributed by atoms with Gasteiger partial charge in [0.05, 0.1) is 18.2 Å². The number of hydrogen-bond donors (Lipinski definition) is 2. The SMILES string of the molecule is CCNC(=NCc1ccc(C#N)cc1)NCC1CCCN1Cc1ccccc1. The smallest absolute Gasteiger partial charge is 0.191 e. The fraction of sp³-hybridized carbons (Fsp3) is 0.391. The number of benzene rings is 2. The Balaban J connectivity index is 1.55. The summed E-state index contributed by atoms with van der Waals surface area (Å²) in [5, 5.41) is 15.8. The first kappa shape index (κ1) is 19.9. The molecule has 1 heterocycles. The van der Waals surface area contributed by atoms with Crippen LogP contribution in [0.5, 0.6) is 0 Å². The number of rotatable bonds is 7. The van der Waals surface area contributed by atoms with E-state index in [9.17, 15) is 0 Å². The van der Waals surface area contributed by atoms with Gasteiger partial charge < -0.3 is 10.6 Å². The van der Waals surface area contributed by atoms with E-state index in [0.717, 1.165) is 37.7 Å². The molecule has 1 saturated heterocycles. The van der Waals surface area contributed by atoms with Gasteiger partial charge >= 0.3 is 0 Å². The van der Waals surface area contributed by atoms with Crippen LogP contribution in [0.15, 0.2) is 59.6 Å². The topological polar surface area (TPSA) is 63.5 Å². The first-order valence-electron chi connectivity index (χ1n) is 10.1. The Bertz CT molecular complexity index is 792. The zero-order valence-electron chi connectivity index (χ0n) is 16.6. The van der Waals surface area contributed by atoms with Gasteiger partial charge in [-0.15, -0.1) is 0 Å². The van der Waals surface area contributed by atoms with E-state index >= 15 is 0 Å². The number of hydrogen-bond acceptors (Lipinski definition) is 3. The molecule has 0 radical (unpaired) electrons. The molecule has 0 bridgehead atoms. The highest BCUT2D eigenvalue weighted by Crippen LogP contribution is 2.19. The van der Waals surface area contributed by atoms with Crippen LogP contribution in [0.2, 0.25) is 0 Å². The monoisotopic (exact) mass is 375 g/mol. The summed E-state index contributed by atoms with van der Waals surface area (Å²) >= 11 is 0. The largest absolute Gasteiger partial charge is 0.357 e. The molecule has 2 aromatic rings. The van der Waals surface area contributed by atoms with E-state index in [4.69, 9.17) is 10.3 Å². The van der Waals surface area contributed by atoms with Crippen molar-refractivity contribution < 1.29 is 0 Å². The maximum absolute atomic E-state index is 8.90. The van der Waals surface area contributed by atoms with Gasteiger partial charge in [0.1, 0.15) is 0 Å². The minimum Gasteiger partial charge on any atom is -0.357 e. The van der Waals surface area contributed by atoms with Gasteiger partial charge in [-0.3, -0.25) is 4.90 Å². The molecule has 2 aromatic carbocycles. The number of guanidine groups is 1. The van der Waals surface area contributed by atoms with Crippen LogP contribution in [-0.2, 0) is 13.1 Å². The van der Waals surface area contributed by atoms with Crippen molar-refractivity contribution >= 4 is 5.96 Å². The van der Waals surface area contributed by atoms with Crippen molar-refractivity contribution in [2.24, 2.45) is 4.99 Å². The van der Waals surface area contributed by atoms with Crippen LogP contribution in [0.4, 0.5) is 0 Å². The Labute approximate surface area is 168 Å². The van der Waals surface area contributed by atoms with Crippen LogP contribution >= 0.6 is 0 Å². The van der Waals surface area contributed by atoms with E-state index in [1.807, 2.05) is 24.3 Å². The van der Waals surface area contributed by atoms with E-state index in [2.05, 4.69) is 58.9 Å². The molecule has 146 valence electrons. The van der Waals surface area contributed by atoms with Gasteiger partial charge in [-0.2, -0.15) is 5.26 Å². The molecular formula is C23H29N5. The quantitative estimate of drug-likeness (QED) is 0.576. The molecule has 1 atom stereocenters. The summed E-state index contributed by atoms with van der Waals surface area (Å²) in [6, 6.07) is 21.0. The molecule has 1 aliphatic rings. The lowest BCUT2D eigenvalue weighted by Gasteiger charge is -2.25. The molecule has 0 aromatic heterocycles. The summed E-state index contributed by atoms with van der Waals surface area (Å²) in [6.45, 7) is 6.56. The van der Waals surface area contributed by atoms with Gasteiger partial charge in [0.15, 0.2) is 5.96 Å². The van der Waals surface area contributed by atoms with Crippen molar-refractivity contribution in [3.05, 3.63) is 71.3 Å². The highest BCUT2D eigenvalue weighted by Gasteiger charge is 2.24. The standard InChI is InChI=1S/C23H29N5/c1-2-25-23(26-16-20-12-10-19(15-24)11-13-20)27-17-22-9-6-14-28(22)18-21-7-4-3-5-8-21/h3-5,7-8,10-13,22H,2,6,9,14,16-18H2,1H3,(H2,25,26,27). The molecule has 2 N–H and O–H groups in total. The lowest BCUT2D eigenvalue weighted by molar-refractivity contribution is 0.245. The fourth-order valence-corrected chi connectivity index (χ4v) is 3.56. The summed E-state index contributed by atoms with van der Waals surface area (Å²) in [6.07, 6.45) is 2.47. The number of nitrogens with zero attached hydrogens (tertiary/aromatic N) is 3. The molecule has 1 unspecified atom stereocenters. The highest BCUT2D eigenvalue weighted by molar-refractivity contribution is 5.79. The van der Waals surface area contributed by atoms with Gasteiger partial charge in [-0.05, 0) is 49.6 Å². The Morgan fingerprint density at radius 2 is 1.89 bits per heavy atom. The summed E-state index contributed by atoms with van der Waals surface area (Å²) in [7, 11) is 0. The number of likely N-dealkylation sites (tertiary alicyclic amines) is 1. The fourth-order valence-electron chi connectivity index (χ4n) is 3.56. The van der Waals surface area contributed by atoms with Crippen molar-refractivity contribution in [3.63, 3.8) is 0 Å². The predicted octanol–water partition coefficient (Wildman–Crippen LogP) is 3.28. The van der Waals surface area contributed by atoms with E-state index < -0.39 is 0 Å². The second kappa shape index (κ2) is 10.5. The molecule has 0 saturated carbocycles. The van der Waals surface area contributed by atoms with Crippen molar-refractivity contribution in [2.45, 2.75) is 38.9 Å². The summed E-state index contributed by atoms with van der Waals surface area (Å²) in [5.41, 5.74) is 3.15. The zero-order chi connectivity index (χ0) is 19.6. The number of nitrogens with one attached hydrogen (secondary N) is 2. The van der Waals surface area contributed by atoms with E-state index in [1.54, 1.807) is 0 Å². The lowest BCUT2D eigenvalue weighted by atomic mass is 10.1. The summed E-state index contributed by atoms with van der Waals surface area (Å²) < 4.78 is 0. The van der Waals surface area contributed by atoms with E-state index in [-0.39, 0.29) is 0 Å². The average molecular weight is 376 g/mol. The van der Waals surface area contributed by atoms with Crippen LogP contribution in [0.1, 0.15) is 36.5 Å². The first-order valence-corrected chi connectivity index (χ1v) is 10.1. The third kappa shape index (κ3) is 5.83. The van der Waals surface area contributed by atoms with Crippen molar-refractivity contribution in [3.8, 4) is 6.07 Å². The van der Waals surface area contributed by atoms with Gasteiger partial charge in [0.2, 0.25) is 0 Å². The predicted molar refractivity (Wildman–Crippen MR) is 114 cm³/mol. The van der Waals surface area contributed by atoms with Crippen molar-refractivity contribution in [1.29, 1.82) is 5.26 Å². The van der Waals surface area contributed by atoms with Crippen LogP contribution < -0.4 is 10.6 Å². The Kier molecular flexibility index (Phi) is 7.45. The molecule has 0 amide bonds. The molecule has 0 aliphatic carbocycles. The molecule has 1 fully saturated rings. The normalized spacial score (nSPS) is 17.3. The van der Waals surface area contributed by atoms with Crippen LogP contribution in [0.25, 0.3) is 0 Å². The molecule has 28 heavy (non-hydrogen) atoms. The van der Waals surface area contributed by atoms with Crippen LogP contribution in [0.3, 0.4) is 0 Å². The zero-order valence-corrected chi connectivity index (χ0v) is 16.6. The van der Waals surface area contributed by atoms with Gasteiger partial charge in [-0.25, -0.2) is 4.99 Å². The van der Waals surface area contributed by atoms with Gasteiger partial charge in [-0.1, -0.05) is 42.5 Å². The third-order valence-corrected chi connectivity index (χ3v) is 5.08. The third-order valence-electron chi connectivity index (χ3n) is 5.08. The maximum atomic E-state index is 8.90. The number of nitriles is 1. The van der Waals surface area contributed by atoms with Crippen molar-refractivity contribution in [1.82, 2.24) is 15.5 Å². The minimum atomic E-state index is 0.527. The summed E-state index contributed by atoms with van der Waals surface area (Å²) in [5.74, 6) is 0.846. The minimum absolute atomic E-state index is 0.527. The molecule has 1 aliphatic heterocycles. The molecule has 5 heteroatoms. The Morgan fingerprint density at radius 3 is 2.61 bits per heavy atom. The maximum Gasteiger partial charge on any atom is 0.191 e. The van der Waals surface area contributed by atoms with Crippen LogP contribution in [0, 0.1) is 11.3 Å². The number of aliphatic imine (C=N–C) groups is 1. The second-order valence-corrected chi connectivity index (χ2v) is 7.14. The molecule has 5 nitrogen and oxygen atoms in total. The van der Waals surface area contributed by atoms with E-state index in [0.29, 0.717) is 18.2 Å². The Morgan fingerprint density at radius 1 is 1.11 bits per heavy atom. The van der Waals surface area contributed by atoms with Gasteiger partial charge in [0.25, 0.3) is 0 Å². The summed E-state index contributed by atoms with van der Waals surface area (Å²) in [4.78, 5) is 7.26. The average Bonchev–Trinajstić information content (AvgIpc) is 3.18. The van der Waals surface area contributed by atoms with Gasteiger partial charge in [0, 0.05) is 25.7 Å². The molecule has 3 rings (SSSR count). The van der Waals surface area contributed by atoms with Crippen LogP contribution in [-0.4, -0.2) is 36.5 Å². The second-order valence-electron chi connectivity index (χ2n) is 7.14. The highest BCUT2D eigenvalue weighted by atomic mass is 15.2. The van der Waals surface area contributed by atoms with Crippen molar-refractivity contribution in [2.75, 3.05) is 19.6 Å². The van der Waals surface area contributed by atoms with E-state index in [1.165, 1.54) is 18.4 Å². The lowest BCUT2D eigenvalue weighted by Crippen LogP contribution is -2.44. The molecular weight excluding hydrogens is 346 g/mol. The Hall–Kier alpha value is -2.84. The molecule has 0 spiro atoms.